The Hall–Kier alpha value is -1.92. The summed E-state index contributed by atoms with van der Waals surface area (Å²) in [5.74, 6) is 1.78. The van der Waals surface area contributed by atoms with Crippen molar-refractivity contribution in [2.45, 2.75) is 19.5 Å². The van der Waals surface area contributed by atoms with Gasteiger partial charge >= 0.3 is 0 Å². The van der Waals surface area contributed by atoms with E-state index in [4.69, 9.17) is 4.42 Å². The quantitative estimate of drug-likeness (QED) is 0.784. The van der Waals surface area contributed by atoms with Crippen LogP contribution in [-0.2, 0) is 13.6 Å². The number of aromatic nitrogens is 3. The minimum Gasteiger partial charge on any atom is -0.467 e. The van der Waals surface area contributed by atoms with Crippen molar-refractivity contribution in [3.63, 3.8) is 0 Å². The molecule has 3 aromatic rings. The van der Waals surface area contributed by atoms with Gasteiger partial charge in [-0.2, -0.15) is 0 Å². The summed E-state index contributed by atoms with van der Waals surface area (Å²) in [6.45, 7) is 2.75. The fraction of sp³-hybridized carbons (Fsp3) is 0.286. The number of nitrogens with one attached hydrogen (secondary N) is 1. The van der Waals surface area contributed by atoms with Crippen LogP contribution in [0.4, 0.5) is 0 Å². The molecule has 5 nitrogen and oxygen atoms in total. The number of rotatable bonds is 5. The second-order valence-corrected chi connectivity index (χ2v) is 5.91. The summed E-state index contributed by atoms with van der Waals surface area (Å²) in [7, 11) is 1.98. The van der Waals surface area contributed by atoms with Crippen LogP contribution in [0.3, 0.4) is 0 Å². The summed E-state index contributed by atoms with van der Waals surface area (Å²) in [6, 6.07) is 3.77. The Kier molecular flexibility index (Phi) is 3.66. The van der Waals surface area contributed by atoms with Crippen LogP contribution in [0.1, 0.15) is 27.5 Å². The first kappa shape index (κ1) is 13.1. The van der Waals surface area contributed by atoms with Gasteiger partial charge in [-0.3, -0.25) is 5.32 Å². The van der Waals surface area contributed by atoms with Gasteiger partial charge in [-0.15, -0.1) is 11.3 Å². The van der Waals surface area contributed by atoms with Crippen LogP contribution in [0.15, 0.2) is 41.4 Å². The molecule has 0 saturated heterocycles. The lowest BCUT2D eigenvalue weighted by Gasteiger charge is -2.15. The Morgan fingerprint density at radius 1 is 1.45 bits per heavy atom. The zero-order chi connectivity index (χ0) is 13.9. The highest BCUT2D eigenvalue weighted by Crippen LogP contribution is 2.22. The summed E-state index contributed by atoms with van der Waals surface area (Å²) in [4.78, 5) is 10.0. The van der Waals surface area contributed by atoms with E-state index in [1.807, 2.05) is 36.1 Å². The maximum absolute atomic E-state index is 5.54. The van der Waals surface area contributed by atoms with Crippen LogP contribution in [0.25, 0.3) is 0 Å². The molecule has 20 heavy (non-hydrogen) atoms. The summed E-state index contributed by atoms with van der Waals surface area (Å²) < 4.78 is 7.53. The van der Waals surface area contributed by atoms with Crippen molar-refractivity contribution in [2.24, 2.45) is 7.05 Å². The second kappa shape index (κ2) is 5.60. The molecule has 0 aliphatic carbocycles. The number of thiazole rings is 1. The van der Waals surface area contributed by atoms with E-state index >= 15 is 0 Å². The lowest BCUT2D eigenvalue weighted by molar-refractivity contribution is 0.429. The SMILES string of the molecule is Cc1cnc(CNC(c2ccco2)c2nccn2C)s1. The minimum atomic E-state index is -0.0748. The third kappa shape index (κ3) is 2.66. The lowest BCUT2D eigenvalue weighted by Crippen LogP contribution is -2.24. The molecular formula is C14H16N4OS. The van der Waals surface area contributed by atoms with Gasteiger partial charge < -0.3 is 8.98 Å². The monoisotopic (exact) mass is 288 g/mol. The zero-order valence-electron chi connectivity index (χ0n) is 11.4. The summed E-state index contributed by atoms with van der Waals surface area (Å²) in [6.07, 6.45) is 7.30. The lowest BCUT2D eigenvalue weighted by atomic mass is 10.2. The van der Waals surface area contributed by atoms with E-state index in [9.17, 15) is 0 Å². The number of hydrogen-bond acceptors (Lipinski definition) is 5. The number of hydrogen-bond donors (Lipinski definition) is 1. The van der Waals surface area contributed by atoms with Crippen LogP contribution in [-0.4, -0.2) is 14.5 Å². The van der Waals surface area contributed by atoms with Gasteiger partial charge in [-0.05, 0) is 19.1 Å². The number of imidazole rings is 1. The molecule has 6 heteroatoms. The van der Waals surface area contributed by atoms with Crippen molar-refractivity contribution < 1.29 is 4.42 Å². The molecular weight excluding hydrogens is 272 g/mol. The first-order chi connectivity index (χ1) is 9.74. The van der Waals surface area contributed by atoms with Crippen LogP contribution in [0.2, 0.25) is 0 Å². The van der Waals surface area contributed by atoms with Gasteiger partial charge in [-0.25, -0.2) is 9.97 Å². The van der Waals surface area contributed by atoms with Crippen LogP contribution >= 0.6 is 11.3 Å². The maximum atomic E-state index is 5.54. The third-order valence-corrected chi connectivity index (χ3v) is 3.98. The van der Waals surface area contributed by atoms with Crippen molar-refractivity contribution in [2.75, 3.05) is 0 Å². The van der Waals surface area contributed by atoms with Gasteiger partial charge in [0.1, 0.15) is 22.6 Å². The van der Waals surface area contributed by atoms with E-state index in [2.05, 4.69) is 22.2 Å². The Balaban J connectivity index is 1.81. The van der Waals surface area contributed by atoms with Crippen LogP contribution in [0.5, 0.6) is 0 Å². The van der Waals surface area contributed by atoms with Crippen LogP contribution in [0, 0.1) is 6.92 Å². The first-order valence-corrected chi connectivity index (χ1v) is 7.21. The normalized spacial score (nSPS) is 12.7. The molecule has 0 aromatic carbocycles. The molecule has 1 atom stereocenters. The summed E-state index contributed by atoms with van der Waals surface area (Å²) >= 11 is 1.70. The molecule has 3 aromatic heterocycles. The molecule has 0 aliphatic rings. The fourth-order valence-electron chi connectivity index (χ4n) is 2.10. The number of nitrogens with zero attached hydrogens (tertiary/aromatic N) is 3. The van der Waals surface area contributed by atoms with Crippen molar-refractivity contribution in [3.05, 3.63) is 58.5 Å². The van der Waals surface area contributed by atoms with Crippen molar-refractivity contribution >= 4 is 11.3 Å². The molecule has 1 unspecified atom stereocenters. The van der Waals surface area contributed by atoms with Gasteiger partial charge in [0, 0.05) is 37.1 Å². The van der Waals surface area contributed by atoms with Crippen LogP contribution < -0.4 is 5.32 Å². The Bertz CT molecular complexity index is 671. The number of aryl methyl sites for hydroxylation is 2. The molecule has 0 spiro atoms. The second-order valence-electron chi connectivity index (χ2n) is 4.59. The van der Waals surface area contributed by atoms with E-state index in [1.54, 1.807) is 23.8 Å². The average molecular weight is 288 g/mol. The van der Waals surface area contributed by atoms with E-state index in [0.29, 0.717) is 6.54 Å². The summed E-state index contributed by atoms with van der Waals surface area (Å²) in [5.41, 5.74) is 0. The Morgan fingerprint density at radius 2 is 2.35 bits per heavy atom. The highest BCUT2D eigenvalue weighted by Gasteiger charge is 2.20. The van der Waals surface area contributed by atoms with E-state index < -0.39 is 0 Å². The summed E-state index contributed by atoms with van der Waals surface area (Å²) in [5, 5.41) is 4.53. The largest absolute Gasteiger partial charge is 0.467 e. The van der Waals surface area contributed by atoms with Gasteiger partial charge in [0.25, 0.3) is 0 Å². The fourth-order valence-corrected chi connectivity index (χ4v) is 2.84. The van der Waals surface area contributed by atoms with Gasteiger partial charge in [0.15, 0.2) is 0 Å². The highest BCUT2D eigenvalue weighted by molar-refractivity contribution is 7.11. The predicted molar refractivity (Wildman–Crippen MR) is 77.4 cm³/mol. The molecule has 0 fully saturated rings. The standard InChI is InChI=1S/C14H16N4OS/c1-10-8-16-12(20-10)9-17-13(11-4-3-7-19-11)14-15-5-6-18(14)2/h3-8,13,17H,9H2,1-2H3. The molecule has 1 N–H and O–H groups in total. The topological polar surface area (TPSA) is 55.9 Å². The number of furan rings is 1. The van der Waals surface area contributed by atoms with Crippen molar-refractivity contribution in [1.29, 1.82) is 0 Å². The molecule has 104 valence electrons. The molecule has 0 saturated carbocycles. The van der Waals surface area contributed by atoms with Gasteiger partial charge in [0.05, 0.1) is 6.26 Å². The zero-order valence-corrected chi connectivity index (χ0v) is 12.2. The van der Waals surface area contributed by atoms with Gasteiger partial charge in [0.2, 0.25) is 0 Å². The maximum Gasteiger partial charge on any atom is 0.133 e. The average Bonchev–Trinajstić information content (AvgIpc) is 3.14. The Labute approximate surface area is 121 Å². The Morgan fingerprint density at radius 3 is 2.95 bits per heavy atom. The van der Waals surface area contributed by atoms with E-state index in [0.717, 1.165) is 16.6 Å². The molecule has 3 heterocycles. The van der Waals surface area contributed by atoms with Gasteiger partial charge in [-0.1, -0.05) is 0 Å². The first-order valence-electron chi connectivity index (χ1n) is 6.39. The third-order valence-electron chi connectivity index (χ3n) is 3.07. The predicted octanol–water partition coefficient (Wildman–Crippen LogP) is 2.66. The minimum absolute atomic E-state index is 0.0748. The molecule has 0 bridgehead atoms. The van der Waals surface area contributed by atoms with Crippen molar-refractivity contribution in [3.8, 4) is 0 Å². The van der Waals surface area contributed by atoms with E-state index in [1.165, 1.54) is 4.88 Å². The van der Waals surface area contributed by atoms with E-state index in [-0.39, 0.29) is 6.04 Å². The molecule has 0 radical (unpaired) electrons. The van der Waals surface area contributed by atoms with Crippen molar-refractivity contribution in [1.82, 2.24) is 19.9 Å². The molecule has 3 rings (SSSR count). The molecule has 0 aliphatic heterocycles. The highest BCUT2D eigenvalue weighted by atomic mass is 32.1. The molecule has 0 amide bonds. The smallest absolute Gasteiger partial charge is 0.133 e.